The Kier molecular flexibility index (Phi) is 7.45. The van der Waals surface area contributed by atoms with Crippen molar-refractivity contribution >= 4 is 17.5 Å². The Labute approximate surface area is 168 Å². The topological polar surface area (TPSA) is 55.9 Å². The first-order valence-corrected chi connectivity index (χ1v) is 10.7. The van der Waals surface area contributed by atoms with Crippen LogP contribution in [0.2, 0.25) is 0 Å². The summed E-state index contributed by atoms with van der Waals surface area (Å²) in [5, 5.41) is 3.06. The van der Waals surface area contributed by atoms with Gasteiger partial charge in [-0.2, -0.15) is 0 Å². The predicted molar refractivity (Wildman–Crippen MR) is 113 cm³/mol. The molecule has 2 aliphatic rings. The van der Waals surface area contributed by atoms with Crippen LogP contribution < -0.4 is 10.2 Å². The third kappa shape index (κ3) is 5.55. The lowest BCUT2D eigenvalue weighted by atomic mass is 10.1. The highest BCUT2D eigenvalue weighted by molar-refractivity contribution is 5.96. The van der Waals surface area contributed by atoms with E-state index in [0.29, 0.717) is 24.4 Å². The third-order valence-electron chi connectivity index (χ3n) is 5.86. The summed E-state index contributed by atoms with van der Waals surface area (Å²) in [4.78, 5) is 31.3. The molecule has 2 heterocycles. The van der Waals surface area contributed by atoms with Gasteiger partial charge in [0.1, 0.15) is 0 Å². The zero-order valence-electron chi connectivity index (χ0n) is 17.3. The lowest BCUT2D eigenvalue weighted by Gasteiger charge is -2.35. The van der Waals surface area contributed by atoms with Gasteiger partial charge in [-0.05, 0) is 49.6 Å². The molecule has 1 atom stereocenters. The van der Waals surface area contributed by atoms with Crippen molar-refractivity contribution in [3.63, 3.8) is 0 Å². The third-order valence-corrected chi connectivity index (χ3v) is 5.86. The molecule has 28 heavy (non-hydrogen) atoms. The lowest BCUT2D eigenvalue weighted by Crippen LogP contribution is -2.48. The molecule has 0 spiro atoms. The summed E-state index contributed by atoms with van der Waals surface area (Å²) in [6, 6.07) is 7.41. The molecule has 0 saturated carbocycles. The molecule has 6 heteroatoms. The minimum atomic E-state index is -0.0424. The minimum Gasteiger partial charge on any atom is -0.352 e. The number of piperidine rings is 1. The van der Waals surface area contributed by atoms with E-state index in [1.807, 2.05) is 29.2 Å². The summed E-state index contributed by atoms with van der Waals surface area (Å²) in [5.41, 5.74) is 1.54. The monoisotopic (exact) mass is 386 g/mol. The normalized spacial score (nSPS) is 20.2. The highest BCUT2D eigenvalue weighted by Gasteiger charge is 2.20. The summed E-state index contributed by atoms with van der Waals surface area (Å²) >= 11 is 0. The maximum absolute atomic E-state index is 12.5. The molecular weight excluding hydrogens is 352 g/mol. The number of rotatable bonds is 7. The second-order valence-corrected chi connectivity index (χ2v) is 8.10. The van der Waals surface area contributed by atoms with Crippen LogP contribution in [0.5, 0.6) is 0 Å². The van der Waals surface area contributed by atoms with E-state index in [0.717, 1.165) is 64.3 Å². The van der Waals surface area contributed by atoms with E-state index in [1.165, 1.54) is 0 Å². The second-order valence-electron chi connectivity index (χ2n) is 8.10. The van der Waals surface area contributed by atoms with Crippen LogP contribution in [0.25, 0.3) is 0 Å². The molecule has 6 nitrogen and oxygen atoms in total. The summed E-state index contributed by atoms with van der Waals surface area (Å²) < 4.78 is 0. The number of hydrogen-bond donors (Lipinski definition) is 1. The fourth-order valence-corrected chi connectivity index (χ4v) is 4.03. The quantitative estimate of drug-likeness (QED) is 0.781. The van der Waals surface area contributed by atoms with Gasteiger partial charge in [0.25, 0.3) is 5.91 Å². The molecular formula is C22H34N4O2. The van der Waals surface area contributed by atoms with Gasteiger partial charge in [0.2, 0.25) is 5.91 Å². The molecule has 0 bridgehead atoms. The van der Waals surface area contributed by atoms with Gasteiger partial charge in [-0.1, -0.05) is 13.8 Å². The summed E-state index contributed by atoms with van der Waals surface area (Å²) in [5.74, 6) is 0.554. The van der Waals surface area contributed by atoms with Crippen molar-refractivity contribution in [3.8, 4) is 0 Å². The van der Waals surface area contributed by atoms with Gasteiger partial charge in [-0.25, -0.2) is 0 Å². The fraction of sp³-hybridized carbons (Fsp3) is 0.636. The molecule has 0 aromatic heterocycles. The Balaban J connectivity index is 1.43. The van der Waals surface area contributed by atoms with Crippen LogP contribution in [0, 0.1) is 5.92 Å². The molecule has 2 aliphatic heterocycles. The van der Waals surface area contributed by atoms with E-state index >= 15 is 0 Å². The highest BCUT2D eigenvalue weighted by atomic mass is 16.2. The smallest absolute Gasteiger partial charge is 0.251 e. The average molecular weight is 387 g/mol. The largest absolute Gasteiger partial charge is 0.352 e. The summed E-state index contributed by atoms with van der Waals surface area (Å²) in [6.45, 7) is 12.5. The Morgan fingerprint density at radius 1 is 1.04 bits per heavy atom. The van der Waals surface area contributed by atoms with Crippen LogP contribution >= 0.6 is 0 Å². The van der Waals surface area contributed by atoms with Crippen LogP contribution in [0.1, 0.15) is 43.5 Å². The van der Waals surface area contributed by atoms with Crippen molar-refractivity contribution in [2.75, 3.05) is 57.3 Å². The molecule has 1 N–H and O–H groups in total. The van der Waals surface area contributed by atoms with Crippen LogP contribution in [0.4, 0.5) is 5.69 Å². The van der Waals surface area contributed by atoms with Gasteiger partial charge in [0.05, 0.1) is 0 Å². The van der Waals surface area contributed by atoms with Gasteiger partial charge in [-0.3, -0.25) is 9.59 Å². The van der Waals surface area contributed by atoms with Crippen LogP contribution in [0.15, 0.2) is 24.3 Å². The first-order chi connectivity index (χ1) is 13.6. The van der Waals surface area contributed by atoms with Crippen molar-refractivity contribution in [2.45, 2.75) is 33.1 Å². The number of piperazine rings is 1. The van der Waals surface area contributed by atoms with Gasteiger partial charge < -0.3 is 20.0 Å². The zero-order valence-corrected chi connectivity index (χ0v) is 17.3. The number of benzene rings is 1. The standard InChI is InChI=1S/C22H34N4O2/c1-3-24-12-14-25(15-13-24)17-18(2)16-23-22(28)19-7-9-20(10-8-19)26-11-5-4-6-21(26)27/h7-10,18H,3-6,11-17H2,1-2H3,(H,23,28). The number of likely N-dealkylation sites (N-methyl/N-ethyl adjacent to an activating group) is 1. The fourth-order valence-electron chi connectivity index (χ4n) is 4.03. The number of nitrogens with one attached hydrogen (secondary N) is 1. The zero-order chi connectivity index (χ0) is 19.9. The Hall–Kier alpha value is -1.92. The van der Waals surface area contributed by atoms with Crippen molar-refractivity contribution in [3.05, 3.63) is 29.8 Å². The van der Waals surface area contributed by atoms with E-state index < -0.39 is 0 Å². The molecule has 154 valence electrons. The summed E-state index contributed by atoms with van der Waals surface area (Å²) in [7, 11) is 0. The average Bonchev–Trinajstić information content (AvgIpc) is 2.73. The van der Waals surface area contributed by atoms with Crippen molar-refractivity contribution in [1.29, 1.82) is 0 Å². The van der Waals surface area contributed by atoms with Crippen molar-refractivity contribution in [1.82, 2.24) is 15.1 Å². The predicted octanol–water partition coefficient (Wildman–Crippen LogP) is 2.21. The van der Waals surface area contributed by atoms with Crippen LogP contribution in [0.3, 0.4) is 0 Å². The summed E-state index contributed by atoms with van der Waals surface area (Å²) in [6.07, 6.45) is 2.63. The molecule has 2 saturated heterocycles. The number of amides is 2. The minimum absolute atomic E-state index is 0.0424. The van der Waals surface area contributed by atoms with Crippen molar-refractivity contribution < 1.29 is 9.59 Å². The second kappa shape index (κ2) is 10.0. The van der Waals surface area contributed by atoms with Crippen molar-refractivity contribution in [2.24, 2.45) is 5.92 Å². The van der Waals surface area contributed by atoms with E-state index in [4.69, 9.17) is 0 Å². The molecule has 3 rings (SSSR count). The number of nitrogens with zero attached hydrogens (tertiary/aromatic N) is 3. The molecule has 0 radical (unpaired) electrons. The number of hydrogen-bond acceptors (Lipinski definition) is 4. The SMILES string of the molecule is CCN1CCN(CC(C)CNC(=O)c2ccc(N3CCCCC3=O)cc2)CC1. The van der Waals surface area contributed by atoms with E-state index in [-0.39, 0.29) is 11.8 Å². The van der Waals surface area contributed by atoms with E-state index in [9.17, 15) is 9.59 Å². The Morgan fingerprint density at radius 3 is 2.36 bits per heavy atom. The maximum Gasteiger partial charge on any atom is 0.251 e. The molecule has 2 fully saturated rings. The Morgan fingerprint density at radius 2 is 1.71 bits per heavy atom. The maximum atomic E-state index is 12.5. The number of carbonyl (C=O) groups excluding carboxylic acids is 2. The number of carbonyl (C=O) groups is 2. The van der Waals surface area contributed by atoms with Gasteiger partial charge in [0.15, 0.2) is 0 Å². The first-order valence-electron chi connectivity index (χ1n) is 10.7. The molecule has 0 aliphatic carbocycles. The lowest BCUT2D eigenvalue weighted by molar-refractivity contribution is -0.119. The van der Waals surface area contributed by atoms with Gasteiger partial charge in [0, 0.05) is 63.5 Å². The van der Waals surface area contributed by atoms with Crippen LogP contribution in [-0.4, -0.2) is 74.0 Å². The Bertz CT molecular complexity index is 653. The van der Waals surface area contributed by atoms with E-state index in [1.54, 1.807) is 0 Å². The molecule has 1 aromatic carbocycles. The van der Waals surface area contributed by atoms with E-state index in [2.05, 4.69) is 29.0 Å². The number of anilines is 1. The molecule has 2 amide bonds. The molecule has 1 aromatic rings. The molecule has 1 unspecified atom stereocenters. The van der Waals surface area contributed by atoms with Gasteiger partial charge >= 0.3 is 0 Å². The van der Waals surface area contributed by atoms with Crippen LogP contribution in [-0.2, 0) is 4.79 Å². The van der Waals surface area contributed by atoms with Gasteiger partial charge in [-0.15, -0.1) is 0 Å². The first kappa shape index (κ1) is 20.8. The highest BCUT2D eigenvalue weighted by Crippen LogP contribution is 2.21.